The molecule has 1 aliphatic carbocycles. The van der Waals surface area contributed by atoms with Gasteiger partial charge in [0.2, 0.25) is 0 Å². The van der Waals surface area contributed by atoms with Crippen LogP contribution >= 0.6 is 0 Å². The molecular formula is C21H30O2. The van der Waals surface area contributed by atoms with Gasteiger partial charge in [-0.15, -0.1) is 0 Å². The number of unbranched alkanes of at least 4 members (excludes halogenated alkanes) is 2. The summed E-state index contributed by atoms with van der Waals surface area (Å²) in [4.78, 5) is 0. The lowest BCUT2D eigenvalue weighted by Gasteiger charge is -2.46. The zero-order valence-corrected chi connectivity index (χ0v) is 13.5. The third-order valence-corrected chi connectivity index (χ3v) is 4.91. The predicted octanol–water partition coefficient (Wildman–Crippen LogP) is 5.74. The Morgan fingerprint density at radius 2 is 2.22 bits per heavy atom. The first kappa shape index (κ1) is 8.60. The van der Waals surface area contributed by atoms with Crippen LogP contribution in [-0.2, 0) is 6.42 Å². The minimum atomic E-state index is -3.00. The van der Waals surface area contributed by atoms with Crippen molar-refractivity contribution in [3.05, 3.63) is 34.9 Å². The van der Waals surface area contributed by atoms with Crippen LogP contribution < -0.4 is 4.74 Å². The monoisotopic (exact) mass is 323 g/mol. The number of allylic oxidation sites excluding steroid dienone is 2. The maximum absolute atomic E-state index is 10.9. The number of phenolic OH excluding ortho intramolecular Hbond substituents is 1. The molecule has 2 unspecified atom stereocenters. The van der Waals surface area contributed by atoms with E-state index in [-0.39, 0.29) is 35.5 Å². The maximum Gasteiger partial charge on any atom is 0.127 e. The van der Waals surface area contributed by atoms with Crippen LogP contribution in [0.2, 0.25) is 0 Å². The van der Waals surface area contributed by atoms with Gasteiger partial charge in [0.05, 0.1) is 0 Å². The topological polar surface area (TPSA) is 29.5 Å². The Hall–Kier alpha value is -1.44. The SMILES string of the molecule is [2H]C([2H])([2H])C1=CC2c3c(O)cc(CCCCC)cc3OC(C([2H])([2H])[2H])(C([2H])([2H])[2H])C2CC1. The number of ether oxygens (including phenoxy) is 1. The first-order chi connectivity index (χ1) is 14.6. The Morgan fingerprint density at radius 1 is 1.35 bits per heavy atom. The molecule has 2 aliphatic rings. The fourth-order valence-electron chi connectivity index (χ4n) is 3.71. The van der Waals surface area contributed by atoms with Crippen LogP contribution in [0.3, 0.4) is 0 Å². The highest BCUT2D eigenvalue weighted by Gasteiger charge is 2.45. The molecule has 0 saturated carbocycles. The van der Waals surface area contributed by atoms with Crippen LogP contribution in [0.25, 0.3) is 0 Å². The molecule has 1 aliphatic heterocycles. The van der Waals surface area contributed by atoms with E-state index in [1.54, 1.807) is 12.1 Å². The lowest BCUT2D eigenvalue weighted by molar-refractivity contribution is 0.0107. The van der Waals surface area contributed by atoms with Gasteiger partial charge in [0.1, 0.15) is 17.1 Å². The molecular weight excluding hydrogens is 284 g/mol. The summed E-state index contributed by atoms with van der Waals surface area (Å²) >= 11 is 0. The van der Waals surface area contributed by atoms with Gasteiger partial charge < -0.3 is 9.84 Å². The van der Waals surface area contributed by atoms with Crippen molar-refractivity contribution in [3.63, 3.8) is 0 Å². The second-order valence-corrected chi connectivity index (χ2v) is 6.68. The minimum Gasteiger partial charge on any atom is -0.507 e. The number of hydrogen-bond donors (Lipinski definition) is 1. The van der Waals surface area contributed by atoms with Crippen LogP contribution in [0.4, 0.5) is 0 Å². The molecule has 2 atom stereocenters. The number of fused-ring (bicyclic) bond motifs is 3. The summed E-state index contributed by atoms with van der Waals surface area (Å²) < 4.78 is 78.3. The summed E-state index contributed by atoms with van der Waals surface area (Å²) in [6, 6.07) is 3.19. The van der Waals surface area contributed by atoms with Crippen molar-refractivity contribution in [2.45, 2.75) is 77.5 Å². The van der Waals surface area contributed by atoms with Gasteiger partial charge >= 0.3 is 0 Å². The normalized spacial score (nSPS) is 32.6. The van der Waals surface area contributed by atoms with Crippen LogP contribution in [-0.4, -0.2) is 10.7 Å². The standard InChI is InChI=1S/C21H30O2/c1-5-6-7-8-15-12-18(22)20-16-11-14(2)9-10-17(16)21(3,4)23-19(20)13-15/h11-13,16-17,22H,5-10H2,1-4H3/i2D3,3D3,4D3. The molecule has 0 amide bonds. The average Bonchev–Trinajstić information content (AvgIpc) is 2.64. The molecule has 0 fully saturated rings. The molecule has 23 heavy (non-hydrogen) atoms. The van der Waals surface area contributed by atoms with E-state index in [1.165, 1.54) is 6.08 Å². The lowest BCUT2D eigenvalue weighted by atomic mass is 9.68. The van der Waals surface area contributed by atoms with E-state index in [4.69, 9.17) is 17.1 Å². The number of aryl methyl sites for hydroxylation is 1. The van der Waals surface area contributed by atoms with E-state index in [0.717, 1.165) is 19.3 Å². The van der Waals surface area contributed by atoms with Gasteiger partial charge in [-0.1, -0.05) is 31.4 Å². The predicted molar refractivity (Wildman–Crippen MR) is 95.3 cm³/mol. The second kappa shape index (κ2) is 6.22. The molecule has 0 saturated heterocycles. The summed E-state index contributed by atoms with van der Waals surface area (Å²) in [5.41, 5.74) is -1.39. The molecule has 1 heterocycles. The van der Waals surface area contributed by atoms with Gasteiger partial charge in [-0.05, 0) is 63.9 Å². The van der Waals surface area contributed by atoms with Crippen LogP contribution in [0.1, 0.15) is 89.0 Å². The van der Waals surface area contributed by atoms with Gasteiger partial charge in [-0.25, -0.2) is 0 Å². The van der Waals surface area contributed by atoms with Crippen molar-refractivity contribution >= 4 is 0 Å². The first-order valence-corrected chi connectivity index (χ1v) is 8.39. The van der Waals surface area contributed by atoms with E-state index in [0.29, 0.717) is 12.0 Å². The van der Waals surface area contributed by atoms with Crippen molar-refractivity contribution in [3.8, 4) is 11.5 Å². The number of aromatic hydroxyl groups is 1. The van der Waals surface area contributed by atoms with Gasteiger partial charge in [0.15, 0.2) is 0 Å². The molecule has 2 heteroatoms. The Balaban J connectivity index is 2.24. The van der Waals surface area contributed by atoms with Crippen molar-refractivity contribution in [2.24, 2.45) is 5.92 Å². The quantitative estimate of drug-likeness (QED) is 0.566. The van der Waals surface area contributed by atoms with Gasteiger partial charge in [0, 0.05) is 29.7 Å². The molecule has 1 N–H and O–H groups in total. The lowest BCUT2D eigenvalue weighted by Crippen LogP contribution is -2.45. The Bertz CT molecular complexity index is 867. The highest BCUT2D eigenvalue weighted by molar-refractivity contribution is 5.53. The molecule has 0 bridgehead atoms. The van der Waals surface area contributed by atoms with E-state index in [1.807, 2.05) is 0 Å². The van der Waals surface area contributed by atoms with Gasteiger partial charge in [-0.2, -0.15) is 0 Å². The van der Waals surface area contributed by atoms with Crippen molar-refractivity contribution in [1.29, 1.82) is 0 Å². The van der Waals surface area contributed by atoms with Crippen LogP contribution in [0.5, 0.6) is 11.5 Å². The maximum atomic E-state index is 10.9. The van der Waals surface area contributed by atoms with E-state index in [2.05, 4.69) is 6.92 Å². The zero-order chi connectivity index (χ0) is 24.1. The number of rotatable bonds is 4. The van der Waals surface area contributed by atoms with Crippen molar-refractivity contribution in [1.82, 2.24) is 0 Å². The fraction of sp³-hybridized carbons (Fsp3) is 0.619. The Labute approximate surface area is 153 Å². The summed E-state index contributed by atoms with van der Waals surface area (Å²) in [7, 11) is 0. The molecule has 126 valence electrons. The highest BCUT2D eigenvalue weighted by Crippen LogP contribution is 2.53. The molecule has 1 aromatic carbocycles. The van der Waals surface area contributed by atoms with Crippen LogP contribution in [0, 0.1) is 5.92 Å². The largest absolute Gasteiger partial charge is 0.507 e. The van der Waals surface area contributed by atoms with Gasteiger partial charge in [-0.3, -0.25) is 0 Å². The average molecular weight is 324 g/mol. The van der Waals surface area contributed by atoms with E-state index >= 15 is 0 Å². The number of benzene rings is 1. The molecule has 1 aromatic rings. The third-order valence-electron chi connectivity index (χ3n) is 4.91. The summed E-state index contributed by atoms with van der Waals surface area (Å²) in [6.07, 6.45) is 4.95. The smallest absolute Gasteiger partial charge is 0.127 e. The minimum absolute atomic E-state index is 0.00744. The van der Waals surface area contributed by atoms with Gasteiger partial charge in [0.25, 0.3) is 0 Å². The second-order valence-electron chi connectivity index (χ2n) is 6.68. The zero-order valence-electron chi connectivity index (χ0n) is 22.5. The van der Waals surface area contributed by atoms with Crippen LogP contribution in [0.15, 0.2) is 23.8 Å². The van der Waals surface area contributed by atoms with E-state index < -0.39 is 38.0 Å². The summed E-state index contributed by atoms with van der Waals surface area (Å²) in [6.45, 7) is -6.33. The third kappa shape index (κ3) is 3.13. The fourth-order valence-corrected chi connectivity index (χ4v) is 3.71. The molecule has 0 radical (unpaired) electrons. The molecule has 0 aromatic heterocycles. The first-order valence-electron chi connectivity index (χ1n) is 12.9. The summed E-state index contributed by atoms with van der Waals surface area (Å²) in [5.74, 6) is -2.06. The Morgan fingerprint density at radius 3 is 2.96 bits per heavy atom. The Kier molecular flexibility index (Phi) is 2.33. The highest BCUT2D eigenvalue weighted by atomic mass is 16.5. The number of hydrogen-bond acceptors (Lipinski definition) is 2. The molecule has 0 spiro atoms. The summed E-state index contributed by atoms with van der Waals surface area (Å²) in [5, 5.41) is 10.9. The molecule has 3 rings (SSSR count). The molecule has 2 nitrogen and oxygen atoms in total. The van der Waals surface area contributed by atoms with Crippen molar-refractivity contribution < 1.29 is 22.2 Å². The van der Waals surface area contributed by atoms with E-state index in [9.17, 15) is 5.11 Å². The van der Waals surface area contributed by atoms with Crippen molar-refractivity contribution in [2.75, 3.05) is 0 Å². The number of phenols is 1.